The van der Waals surface area contributed by atoms with Crippen LogP contribution in [0.3, 0.4) is 0 Å². The number of esters is 1. The van der Waals surface area contributed by atoms with E-state index in [1.807, 2.05) is 12.1 Å². The van der Waals surface area contributed by atoms with E-state index in [0.717, 1.165) is 5.56 Å². The minimum atomic E-state index is -0.414. The van der Waals surface area contributed by atoms with E-state index in [2.05, 4.69) is 9.97 Å². The number of rotatable bonds is 6. The van der Waals surface area contributed by atoms with E-state index < -0.39 is 5.97 Å². The highest BCUT2D eigenvalue weighted by atomic mass is 32.2. The lowest BCUT2D eigenvalue weighted by atomic mass is 10.1. The van der Waals surface area contributed by atoms with E-state index in [-0.39, 0.29) is 23.6 Å². The van der Waals surface area contributed by atoms with Crippen LogP contribution in [0, 0.1) is 17.1 Å². The summed E-state index contributed by atoms with van der Waals surface area (Å²) in [5.41, 5.74) is 8.19. The first-order valence-corrected chi connectivity index (χ1v) is 9.60. The maximum Gasteiger partial charge on any atom is 0.337 e. The number of methoxy groups -OCH3 is 1. The number of carbonyl (C=O) groups excluding carboxylic acids is 1. The maximum atomic E-state index is 14.0. The van der Waals surface area contributed by atoms with Crippen LogP contribution in [0.4, 0.5) is 10.2 Å². The Morgan fingerprint density at radius 3 is 2.76 bits per heavy atom. The Balaban J connectivity index is 1.84. The number of hydrogen-bond acceptors (Lipinski definition) is 7. The number of thioether (sulfide) groups is 1. The van der Waals surface area contributed by atoms with Gasteiger partial charge in [-0.2, -0.15) is 5.26 Å². The van der Waals surface area contributed by atoms with Gasteiger partial charge in [0.15, 0.2) is 5.16 Å². The normalized spacial score (nSPS) is 10.4. The first-order chi connectivity index (χ1) is 14.0. The largest absolute Gasteiger partial charge is 0.465 e. The van der Waals surface area contributed by atoms with E-state index in [4.69, 9.17) is 10.5 Å². The van der Waals surface area contributed by atoms with E-state index in [1.54, 1.807) is 36.4 Å². The lowest BCUT2D eigenvalue weighted by molar-refractivity contribution is 0.0600. The molecular weight excluding hydrogens is 391 g/mol. The molecular formula is C21H17FN4O2S. The van der Waals surface area contributed by atoms with Crippen LogP contribution in [0.5, 0.6) is 0 Å². The molecule has 146 valence electrons. The average molecular weight is 408 g/mol. The third-order valence-electron chi connectivity index (χ3n) is 4.13. The molecule has 0 radical (unpaired) electrons. The molecule has 0 spiro atoms. The SMILES string of the molecule is COC(=O)c1cccc(CSc2nc(N)c(C#N)c(Cc3ccccc3F)n2)c1. The number of nitrogens with two attached hydrogens (primary N) is 1. The molecule has 0 unspecified atom stereocenters. The highest BCUT2D eigenvalue weighted by Gasteiger charge is 2.15. The average Bonchev–Trinajstić information content (AvgIpc) is 2.73. The topological polar surface area (TPSA) is 102 Å². The Kier molecular flexibility index (Phi) is 6.42. The molecule has 0 saturated carbocycles. The minimum Gasteiger partial charge on any atom is -0.465 e. The molecule has 1 aromatic heterocycles. The number of nitrogens with zero attached hydrogens (tertiary/aromatic N) is 3. The minimum absolute atomic E-state index is 0.0552. The number of halogens is 1. The van der Waals surface area contributed by atoms with Gasteiger partial charge in [-0.05, 0) is 29.3 Å². The van der Waals surface area contributed by atoms with Crippen LogP contribution < -0.4 is 5.73 Å². The summed E-state index contributed by atoms with van der Waals surface area (Å²) in [6.07, 6.45) is 0.133. The van der Waals surface area contributed by atoms with Crippen molar-refractivity contribution in [3.05, 3.63) is 82.3 Å². The van der Waals surface area contributed by atoms with Crippen LogP contribution in [0.15, 0.2) is 53.7 Å². The summed E-state index contributed by atoms with van der Waals surface area (Å²) in [6, 6.07) is 15.3. The molecule has 0 amide bonds. The van der Waals surface area contributed by atoms with Crippen molar-refractivity contribution in [3.8, 4) is 6.07 Å². The first kappa shape index (κ1) is 20.3. The van der Waals surface area contributed by atoms with Crippen LogP contribution in [0.2, 0.25) is 0 Å². The fourth-order valence-corrected chi connectivity index (χ4v) is 3.51. The highest BCUT2D eigenvalue weighted by molar-refractivity contribution is 7.98. The molecule has 29 heavy (non-hydrogen) atoms. The monoisotopic (exact) mass is 408 g/mol. The molecule has 2 N–H and O–H groups in total. The van der Waals surface area contributed by atoms with Gasteiger partial charge in [0, 0.05) is 12.2 Å². The van der Waals surface area contributed by atoms with Gasteiger partial charge in [-0.1, -0.05) is 42.1 Å². The summed E-state index contributed by atoms with van der Waals surface area (Å²) in [5, 5.41) is 9.77. The van der Waals surface area contributed by atoms with Gasteiger partial charge in [0.25, 0.3) is 0 Å². The molecule has 0 aliphatic heterocycles. The van der Waals surface area contributed by atoms with Crippen molar-refractivity contribution in [2.75, 3.05) is 12.8 Å². The molecule has 0 fully saturated rings. The fraction of sp³-hybridized carbons (Fsp3) is 0.143. The van der Waals surface area contributed by atoms with Crippen LogP contribution in [0.1, 0.15) is 32.7 Å². The standard InChI is InChI=1S/C21H17FN4O2S/c1-28-20(27)15-7-4-5-13(9-15)12-29-21-25-18(16(11-23)19(24)26-21)10-14-6-2-3-8-17(14)22/h2-9H,10,12H2,1H3,(H2,24,25,26). The molecule has 0 bridgehead atoms. The summed E-state index contributed by atoms with van der Waals surface area (Å²) in [6.45, 7) is 0. The summed E-state index contributed by atoms with van der Waals surface area (Å²) >= 11 is 1.31. The smallest absolute Gasteiger partial charge is 0.337 e. The van der Waals surface area contributed by atoms with Crippen molar-refractivity contribution >= 4 is 23.5 Å². The number of nitriles is 1. The quantitative estimate of drug-likeness (QED) is 0.376. The molecule has 3 rings (SSSR count). The fourth-order valence-electron chi connectivity index (χ4n) is 2.69. The van der Waals surface area contributed by atoms with Gasteiger partial charge >= 0.3 is 5.97 Å². The Bertz CT molecular complexity index is 1100. The molecule has 0 aliphatic carbocycles. The van der Waals surface area contributed by atoms with Crippen molar-refractivity contribution in [3.63, 3.8) is 0 Å². The van der Waals surface area contributed by atoms with E-state index in [9.17, 15) is 14.4 Å². The Morgan fingerprint density at radius 1 is 1.24 bits per heavy atom. The number of ether oxygens (including phenoxy) is 1. The van der Waals surface area contributed by atoms with E-state index >= 15 is 0 Å². The summed E-state index contributed by atoms with van der Waals surface area (Å²) in [4.78, 5) is 20.3. The van der Waals surface area contributed by atoms with Crippen LogP contribution in [-0.2, 0) is 16.9 Å². The Labute approximate surface area is 171 Å². The zero-order chi connectivity index (χ0) is 20.8. The summed E-state index contributed by atoms with van der Waals surface area (Å²) in [7, 11) is 1.33. The van der Waals surface area contributed by atoms with Crippen molar-refractivity contribution in [1.82, 2.24) is 9.97 Å². The Hall–Kier alpha value is -3.44. The number of benzene rings is 2. The van der Waals surface area contributed by atoms with Crippen LogP contribution >= 0.6 is 11.8 Å². The molecule has 1 heterocycles. The van der Waals surface area contributed by atoms with Crippen LogP contribution in [-0.4, -0.2) is 23.0 Å². The third kappa shape index (κ3) is 4.89. The number of hydrogen-bond donors (Lipinski definition) is 1. The van der Waals surface area contributed by atoms with Gasteiger partial charge in [0.2, 0.25) is 0 Å². The number of nitrogen functional groups attached to an aromatic ring is 1. The van der Waals surface area contributed by atoms with E-state index in [1.165, 1.54) is 24.9 Å². The van der Waals surface area contributed by atoms with Crippen molar-refractivity contribution < 1.29 is 13.9 Å². The van der Waals surface area contributed by atoms with Gasteiger partial charge in [-0.25, -0.2) is 19.2 Å². The van der Waals surface area contributed by atoms with Gasteiger partial charge in [0.1, 0.15) is 23.3 Å². The van der Waals surface area contributed by atoms with Crippen molar-refractivity contribution in [2.45, 2.75) is 17.3 Å². The molecule has 2 aromatic carbocycles. The third-order valence-corrected chi connectivity index (χ3v) is 5.05. The Morgan fingerprint density at radius 2 is 2.03 bits per heavy atom. The number of carbonyl (C=O) groups is 1. The summed E-state index contributed by atoms with van der Waals surface area (Å²) in [5.74, 6) is -0.250. The number of aromatic nitrogens is 2. The predicted octanol–water partition coefficient (Wildman–Crippen LogP) is 3.74. The molecule has 6 nitrogen and oxygen atoms in total. The van der Waals surface area contributed by atoms with Gasteiger partial charge in [-0.3, -0.25) is 0 Å². The van der Waals surface area contributed by atoms with E-state index in [0.29, 0.717) is 27.7 Å². The first-order valence-electron chi connectivity index (χ1n) is 8.61. The molecule has 0 aliphatic rings. The predicted molar refractivity (Wildman–Crippen MR) is 108 cm³/mol. The molecule has 0 saturated heterocycles. The second-order valence-electron chi connectivity index (χ2n) is 6.07. The second kappa shape index (κ2) is 9.17. The van der Waals surface area contributed by atoms with Crippen molar-refractivity contribution in [2.24, 2.45) is 0 Å². The lowest BCUT2D eigenvalue weighted by Crippen LogP contribution is -2.07. The maximum absolute atomic E-state index is 14.0. The zero-order valence-corrected chi connectivity index (χ0v) is 16.4. The zero-order valence-electron chi connectivity index (χ0n) is 15.6. The van der Waals surface area contributed by atoms with Crippen LogP contribution in [0.25, 0.3) is 0 Å². The molecule has 8 heteroatoms. The molecule has 3 aromatic rings. The molecule has 0 atom stereocenters. The second-order valence-corrected chi connectivity index (χ2v) is 7.02. The summed E-state index contributed by atoms with van der Waals surface area (Å²) < 4.78 is 18.7. The van der Waals surface area contributed by atoms with Gasteiger partial charge < -0.3 is 10.5 Å². The van der Waals surface area contributed by atoms with Gasteiger partial charge in [-0.15, -0.1) is 0 Å². The van der Waals surface area contributed by atoms with Gasteiger partial charge in [0.05, 0.1) is 18.4 Å². The number of anilines is 1. The lowest BCUT2D eigenvalue weighted by Gasteiger charge is -2.09. The highest BCUT2D eigenvalue weighted by Crippen LogP contribution is 2.25. The van der Waals surface area contributed by atoms with Crippen molar-refractivity contribution in [1.29, 1.82) is 5.26 Å².